The van der Waals surface area contributed by atoms with E-state index in [1.165, 1.54) is 16.2 Å². The summed E-state index contributed by atoms with van der Waals surface area (Å²) in [6, 6.07) is 7.69. The Morgan fingerprint density at radius 2 is 2.06 bits per heavy atom. The Kier molecular flexibility index (Phi) is 4.90. The lowest BCUT2D eigenvalue weighted by atomic mass is 9.72. The zero-order valence-corrected chi connectivity index (χ0v) is 19.3. The van der Waals surface area contributed by atoms with Crippen LogP contribution in [0.15, 0.2) is 29.1 Å². The first kappa shape index (κ1) is 20.3. The van der Waals surface area contributed by atoms with Crippen molar-refractivity contribution in [2.45, 2.75) is 46.6 Å². The molecule has 160 valence electrons. The number of benzene rings is 1. The summed E-state index contributed by atoms with van der Waals surface area (Å²) in [7, 11) is 0. The smallest absolute Gasteiger partial charge is 0.279 e. The van der Waals surface area contributed by atoms with Gasteiger partial charge < -0.3 is 5.32 Å². The van der Waals surface area contributed by atoms with Crippen molar-refractivity contribution in [2.75, 3.05) is 5.32 Å². The second kappa shape index (κ2) is 7.49. The van der Waals surface area contributed by atoms with E-state index < -0.39 is 0 Å². The van der Waals surface area contributed by atoms with Gasteiger partial charge >= 0.3 is 0 Å². The zero-order chi connectivity index (χ0) is 21.8. The van der Waals surface area contributed by atoms with Crippen LogP contribution in [0.25, 0.3) is 20.4 Å². The quantitative estimate of drug-likeness (QED) is 0.501. The van der Waals surface area contributed by atoms with Crippen molar-refractivity contribution in [3.63, 3.8) is 0 Å². The first-order chi connectivity index (χ1) is 14.8. The molecule has 4 aromatic rings. The Labute approximate surface area is 187 Å². The molecule has 0 saturated heterocycles. The summed E-state index contributed by atoms with van der Waals surface area (Å²) < 4.78 is 2.16. The third kappa shape index (κ3) is 3.76. The van der Waals surface area contributed by atoms with E-state index in [1.807, 2.05) is 24.3 Å². The number of hydrogen-bond donors (Lipinski definition) is 1. The fraction of sp³-hybridized carbons (Fsp3) is 0.409. The normalized spacial score (nSPS) is 16.5. The number of fused-ring (bicyclic) bond motifs is 4. The van der Waals surface area contributed by atoms with E-state index in [9.17, 15) is 9.59 Å². The molecule has 3 aromatic heterocycles. The van der Waals surface area contributed by atoms with Gasteiger partial charge in [0, 0.05) is 4.88 Å². The number of amides is 1. The highest BCUT2D eigenvalue weighted by atomic mass is 32.1. The predicted molar refractivity (Wildman–Crippen MR) is 125 cm³/mol. The number of thiophene rings is 1. The Morgan fingerprint density at radius 3 is 2.84 bits per heavy atom. The standard InChI is InChI=1S/C22H23N5O2S2/c1-22(2,3)12-8-9-13-16(10-12)30-19-18(13)20(29)27(26-25-19)11-17(28)24-21-23-14-6-4-5-7-15(14)31-21/h4-7,12H,8-11H2,1-3H3,(H,23,24,28)/t12-/m1/s1. The number of rotatable bonds is 3. The lowest BCUT2D eigenvalue weighted by Crippen LogP contribution is -2.31. The van der Waals surface area contributed by atoms with Crippen molar-refractivity contribution in [3.8, 4) is 0 Å². The highest BCUT2D eigenvalue weighted by Gasteiger charge is 2.32. The minimum atomic E-state index is -0.341. The SMILES string of the molecule is CC(C)(C)[C@@H]1CCc2c(sc3nnn(CC(=O)Nc4nc5ccccc5s4)c(=O)c23)C1. The van der Waals surface area contributed by atoms with Crippen LogP contribution in [-0.2, 0) is 24.2 Å². The molecule has 0 bridgehead atoms. The molecule has 0 spiro atoms. The second-order valence-corrected chi connectivity index (χ2v) is 11.2. The van der Waals surface area contributed by atoms with Gasteiger partial charge in [0.2, 0.25) is 5.91 Å². The van der Waals surface area contributed by atoms with Crippen molar-refractivity contribution in [3.05, 3.63) is 45.1 Å². The van der Waals surface area contributed by atoms with Crippen LogP contribution < -0.4 is 10.9 Å². The molecule has 1 aliphatic rings. The lowest BCUT2D eigenvalue weighted by molar-refractivity contribution is -0.117. The molecule has 1 aliphatic carbocycles. The number of hydrogen-bond acceptors (Lipinski definition) is 7. The van der Waals surface area contributed by atoms with E-state index in [1.54, 1.807) is 11.3 Å². The fourth-order valence-electron chi connectivity index (χ4n) is 4.19. The van der Waals surface area contributed by atoms with Gasteiger partial charge in [-0.05, 0) is 48.3 Å². The molecule has 0 unspecified atom stereocenters. The van der Waals surface area contributed by atoms with Crippen LogP contribution in [0.2, 0.25) is 0 Å². The molecule has 31 heavy (non-hydrogen) atoms. The second-order valence-electron chi connectivity index (χ2n) is 9.08. The Balaban J connectivity index is 1.40. The summed E-state index contributed by atoms with van der Waals surface area (Å²) in [6.45, 7) is 6.62. The molecular formula is C22H23N5O2S2. The summed E-state index contributed by atoms with van der Waals surface area (Å²) in [5.74, 6) is 0.245. The number of aryl methyl sites for hydroxylation is 1. The van der Waals surface area contributed by atoms with E-state index in [4.69, 9.17) is 0 Å². The summed E-state index contributed by atoms with van der Waals surface area (Å²) >= 11 is 2.97. The molecule has 0 radical (unpaired) electrons. The van der Waals surface area contributed by atoms with Gasteiger partial charge in [0.05, 0.1) is 15.6 Å². The number of aromatic nitrogens is 4. The van der Waals surface area contributed by atoms with Crippen LogP contribution in [0.1, 0.15) is 37.6 Å². The van der Waals surface area contributed by atoms with Crippen LogP contribution in [-0.4, -0.2) is 25.9 Å². The van der Waals surface area contributed by atoms with Crippen molar-refractivity contribution >= 4 is 54.1 Å². The number of thiazole rings is 1. The number of carbonyl (C=O) groups excluding carboxylic acids is 1. The van der Waals surface area contributed by atoms with Crippen molar-refractivity contribution in [2.24, 2.45) is 11.3 Å². The molecule has 3 heterocycles. The number of para-hydroxylation sites is 1. The van der Waals surface area contributed by atoms with E-state index in [0.717, 1.165) is 39.7 Å². The van der Waals surface area contributed by atoms with Crippen LogP contribution in [0, 0.1) is 11.3 Å². The third-order valence-corrected chi connectivity index (χ3v) is 8.09. The van der Waals surface area contributed by atoms with Crippen LogP contribution >= 0.6 is 22.7 Å². The number of nitrogens with zero attached hydrogens (tertiary/aromatic N) is 4. The molecule has 0 fully saturated rings. The van der Waals surface area contributed by atoms with Crippen molar-refractivity contribution in [1.29, 1.82) is 0 Å². The first-order valence-corrected chi connectivity index (χ1v) is 12.0. The maximum atomic E-state index is 13.1. The Morgan fingerprint density at radius 1 is 1.26 bits per heavy atom. The first-order valence-electron chi connectivity index (χ1n) is 10.3. The number of anilines is 1. The summed E-state index contributed by atoms with van der Waals surface area (Å²) in [6.07, 6.45) is 2.90. The number of carbonyl (C=O) groups is 1. The topological polar surface area (TPSA) is 89.8 Å². The van der Waals surface area contributed by atoms with Gasteiger partial charge in [-0.1, -0.05) is 49.5 Å². The van der Waals surface area contributed by atoms with Gasteiger partial charge in [0.15, 0.2) is 9.96 Å². The summed E-state index contributed by atoms with van der Waals surface area (Å²) in [4.78, 5) is 32.0. The van der Waals surface area contributed by atoms with Gasteiger partial charge in [0.25, 0.3) is 5.56 Å². The highest BCUT2D eigenvalue weighted by molar-refractivity contribution is 7.22. The van der Waals surface area contributed by atoms with Gasteiger partial charge in [0.1, 0.15) is 6.54 Å². The molecule has 7 nitrogen and oxygen atoms in total. The van der Waals surface area contributed by atoms with E-state index in [-0.39, 0.29) is 23.4 Å². The zero-order valence-electron chi connectivity index (χ0n) is 17.6. The van der Waals surface area contributed by atoms with Crippen LogP contribution in [0.4, 0.5) is 5.13 Å². The van der Waals surface area contributed by atoms with E-state index >= 15 is 0 Å². The van der Waals surface area contributed by atoms with Gasteiger partial charge in [-0.15, -0.1) is 16.4 Å². The molecule has 1 N–H and O–H groups in total. The minimum Gasteiger partial charge on any atom is -0.300 e. The van der Waals surface area contributed by atoms with Crippen LogP contribution in [0.5, 0.6) is 0 Å². The molecule has 5 rings (SSSR count). The summed E-state index contributed by atoms with van der Waals surface area (Å²) in [5, 5.41) is 12.2. The molecule has 1 amide bonds. The van der Waals surface area contributed by atoms with Crippen LogP contribution in [0.3, 0.4) is 0 Å². The molecule has 1 atom stereocenters. The fourth-order valence-corrected chi connectivity index (χ4v) is 6.31. The average molecular weight is 454 g/mol. The predicted octanol–water partition coefficient (Wildman–Crippen LogP) is 4.25. The van der Waals surface area contributed by atoms with Crippen molar-refractivity contribution < 1.29 is 4.79 Å². The van der Waals surface area contributed by atoms with Gasteiger partial charge in [-0.3, -0.25) is 9.59 Å². The lowest BCUT2D eigenvalue weighted by Gasteiger charge is -2.33. The number of nitrogens with one attached hydrogen (secondary N) is 1. The Bertz CT molecular complexity index is 1330. The monoisotopic (exact) mass is 453 g/mol. The molecule has 0 aliphatic heterocycles. The van der Waals surface area contributed by atoms with E-state index in [2.05, 4.69) is 41.4 Å². The van der Waals surface area contributed by atoms with Gasteiger partial charge in [-0.25, -0.2) is 9.67 Å². The molecule has 1 aromatic carbocycles. The van der Waals surface area contributed by atoms with Crippen molar-refractivity contribution in [1.82, 2.24) is 20.0 Å². The summed E-state index contributed by atoms with van der Waals surface area (Å²) in [5.41, 5.74) is 1.93. The third-order valence-electron chi connectivity index (χ3n) is 6.00. The Hall–Kier alpha value is -2.65. The average Bonchev–Trinajstić information content (AvgIpc) is 3.29. The molecule has 9 heteroatoms. The largest absolute Gasteiger partial charge is 0.300 e. The maximum Gasteiger partial charge on any atom is 0.279 e. The molecular weight excluding hydrogens is 430 g/mol. The minimum absolute atomic E-state index is 0.188. The highest BCUT2D eigenvalue weighted by Crippen LogP contribution is 2.41. The maximum absolute atomic E-state index is 13.1. The molecule has 0 saturated carbocycles. The van der Waals surface area contributed by atoms with Gasteiger partial charge in [-0.2, -0.15) is 0 Å². The van der Waals surface area contributed by atoms with E-state index in [0.29, 0.717) is 21.3 Å².